The van der Waals surface area contributed by atoms with Crippen LogP contribution in [0.4, 0.5) is 0 Å². The zero-order chi connectivity index (χ0) is 20.2. The Hall–Kier alpha value is -2.67. The molecule has 1 N–H and O–H groups in total. The number of benzene rings is 2. The molecular weight excluding hydrogens is 378 g/mol. The molecule has 0 spiro atoms. The van der Waals surface area contributed by atoms with Gasteiger partial charge in [0.05, 0.1) is 10.5 Å². The largest absolute Gasteiger partial charge is 0.452 e. The molecule has 0 bridgehead atoms. The Morgan fingerprint density at radius 3 is 2.39 bits per heavy atom. The van der Waals surface area contributed by atoms with Gasteiger partial charge in [-0.25, -0.2) is 13.2 Å². The van der Waals surface area contributed by atoms with Crippen molar-refractivity contribution >= 4 is 21.7 Å². The van der Waals surface area contributed by atoms with Gasteiger partial charge in [0.1, 0.15) is 0 Å². The third-order valence-electron chi connectivity index (χ3n) is 5.15. The van der Waals surface area contributed by atoms with E-state index in [0.717, 1.165) is 25.5 Å². The van der Waals surface area contributed by atoms with Crippen LogP contribution in [-0.2, 0) is 24.8 Å². The van der Waals surface area contributed by atoms with Crippen molar-refractivity contribution in [1.82, 2.24) is 5.32 Å². The first-order valence-electron chi connectivity index (χ1n) is 9.10. The number of amides is 1. The van der Waals surface area contributed by atoms with E-state index in [9.17, 15) is 18.0 Å². The maximum Gasteiger partial charge on any atom is 0.338 e. The monoisotopic (exact) mass is 401 g/mol. The summed E-state index contributed by atoms with van der Waals surface area (Å²) in [5.74, 6) is -1.11. The normalized spacial score (nSPS) is 15.3. The van der Waals surface area contributed by atoms with Crippen LogP contribution in [0, 0.1) is 0 Å². The predicted molar refractivity (Wildman–Crippen MR) is 105 cm³/mol. The Bertz CT molecular complexity index is 965. The zero-order valence-corrected chi connectivity index (χ0v) is 16.5. The maximum atomic E-state index is 12.1. The van der Waals surface area contributed by atoms with Gasteiger partial charge < -0.3 is 10.1 Å². The topological polar surface area (TPSA) is 89.5 Å². The van der Waals surface area contributed by atoms with Crippen LogP contribution in [-0.4, -0.2) is 39.7 Å². The van der Waals surface area contributed by atoms with Crippen LogP contribution < -0.4 is 5.32 Å². The number of nitrogens with one attached hydrogen (secondary N) is 1. The summed E-state index contributed by atoms with van der Waals surface area (Å²) in [6.45, 7) is 0.0871. The minimum Gasteiger partial charge on any atom is -0.452 e. The number of sulfone groups is 1. The summed E-state index contributed by atoms with van der Waals surface area (Å²) < 4.78 is 28.2. The van der Waals surface area contributed by atoms with E-state index < -0.39 is 22.4 Å². The Kier molecular flexibility index (Phi) is 5.84. The second-order valence-corrected chi connectivity index (χ2v) is 9.17. The van der Waals surface area contributed by atoms with E-state index in [1.54, 1.807) is 0 Å². The van der Waals surface area contributed by atoms with Gasteiger partial charge in [-0.2, -0.15) is 0 Å². The lowest BCUT2D eigenvalue weighted by Crippen LogP contribution is -2.46. The number of esters is 1. The van der Waals surface area contributed by atoms with E-state index in [1.165, 1.54) is 29.8 Å². The highest BCUT2D eigenvalue weighted by molar-refractivity contribution is 7.90. The maximum absolute atomic E-state index is 12.1. The minimum absolute atomic E-state index is 0.0289. The van der Waals surface area contributed by atoms with Crippen LogP contribution in [0.2, 0.25) is 0 Å². The average molecular weight is 401 g/mol. The molecule has 0 atom stereocenters. The minimum atomic E-state index is -3.43. The highest BCUT2D eigenvalue weighted by atomic mass is 32.2. The second-order valence-electron chi connectivity index (χ2n) is 7.15. The molecule has 2 aromatic carbocycles. The molecule has 7 heteroatoms. The molecule has 0 aliphatic heterocycles. The van der Waals surface area contributed by atoms with Crippen molar-refractivity contribution in [3.8, 4) is 0 Å². The Morgan fingerprint density at radius 1 is 1.07 bits per heavy atom. The molecular formula is C21H23NO5S. The van der Waals surface area contributed by atoms with Crippen molar-refractivity contribution in [2.24, 2.45) is 0 Å². The third kappa shape index (κ3) is 4.59. The van der Waals surface area contributed by atoms with Crippen molar-refractivity contribution in [3.05, 3.63) is 65.7 Å². The summed E-state index contributed by atoms with van der Waals surface area (Å²) in [5.41, 5.74) is 1.25. The van der Waals surface area contributed by atoms with Crippen molar-refractivity contribution in [2.75, 3.05) is 19.4 Å². The molecule has 0 heterocycles. The Morgan fingerprint density at radius 2 is 1.79 bits per heavy atom. The lowest BCUT2D eigenvalue weighted by Gasteiger charge is -2.42. The van der Waals surface area contributed by atoms with Gasteiger partial charge in [-0.15, -0.1) is 0 Å². The van der Waals surface area contributed by atoms with Gasteiger partial charge in [0.15, 0.2) is 16.4 Å². The molecule has 2 aromatic rings. The lowest BCUT2D eigenvalue weighted by molar-refractivity contribution is -0.124. The molecule has 0 aromatic heterocycles. The lowest BCUT2D eigenvalue weighted by atomic mass is 9.64. The summed E-state index contributed by atoms with van der Waals surface area (Å²) in [7, 11) is -3.43. The van der Waals surface area contributed by atoms with Gasteiger partial charge in [-0.3, -0.25) is 4.79 Å². The molecule has 28 heavy (non-hydrogen) atoms. The van der Waals surface area contributed by atoms with Crippen LogP contribution >= 0.6 is 0 Å². The molecule has 0 saturated heterocycles. The Balaban J connectivity index is 1.54. The average Bonchev–Trinajstić information content (AvgIpc) is 2.65. The third-order valence-corrected chi connectivity index (χ3v) is 6.26. The van der Waals surface area contributed by atoms with E-state index in [2.05, 4.69) is 17.4 Å². The van der Waals surface area contributed by atoms with Crippen LogP contribution in [0.3, 0.4) is 0 Å². The van der Waals surface area contributed by atoms with Crippen LogP contribution in [0.5, 0.6) is 0 Å². The van der Waals surface area contributed by atoms with Crippen molar-refractivity contribution in [1.29, 1.82) is 0 Å². The SMILES string of the molecule is CS(=O)(=O)c1cccc(C(=O)OCC(=O)NCC2(c3ccccc3)CCC2)c1. The van der Waals surface area contributed by atoms with Crippen molar-refractivity contribution in [3.63, 3.8) is 0 Å². The molecule has 0 radical (unpaired) electrons. The van der Waals surface area contributed by atoms with Gasteiger partial charge in [0.25, 0.3) is 5.91 Å². The van der Waals surface area contributed by atoms with Crippen LogP contribution in [0.25, 0.3) is 0 Å². The number of carbonyl (C=O) groups is 2. The van der Waals surface area contributed by atoms with E-state index in [4.69, 9.17) is 4.74 Å². The number of ether oxygens (including phenoxy) is 1. The summed E-state index contributed by atoms with van der Waals surface area (Å²) in [4.78, 5) is 24.3. The Labute approximate surface area is 164 Å². The second kappa shape index (κ2) is 8.14. The zero-order valence-electron chi connectivity index (χ0n) is 15.7. The van der Waals surface area contributed by atoms with Crippen molar-refractivity contribution in [2.45, 2.75) is 29.6 Å². The smallest absolute Gasteiger partial charge is 0.338 e. The van der Waals surface area contributed by atoms with Gasteiger partial charge in [0, 0.05) is 18.2 Å². The molecule has 1 aliphatic carbocycles. The van der Waals surface area contributed by atoms with Crippen LogP contribution in [0.1, 0.15) is 35.2 Å². The van der Waals surface area contributed by atoms with Gasteiger partial charge in [-0.1, -0.05) is 42.8 Å². The number of hydrogen-bond donors (Lipinski definition) is 1. The first kappa shape index (κ1) is 20.1. The first-order chi connectivity index (χ1) is 13.3. The molecule has 0 unspecified atom stereocenters. The number of carbonyl (C=O) groups excluding carboxylic acids is 2. The number of rotatable bonds is 7. The van der Waals surface area contributed by atoms with E-state index >= 15 is 0 Å². The highest BCUT2D eigenvalue weighted by Gasteiger charge is 2.38. The van der Waals surface area contributed by atoms with E-state index in [1.807, 2.05) is 18.2 Å². The standard InChI is InChI=1S/C21H23NO5S/c1-28(25,26)18-10-5-7-16(13-18)20(24)27-14-19(23)22-15-21(11-6-12-21)17-8-3-2-4-9-17/h2-5,7-10,13H,6,11-12,14-15H2,1H3,(H,22,23). The van der Waals surface area contributed by atoms with Crippen molar-refractivity contribution < 1.29 is 22.7 Å². The molecule has 1 saturated carbocycles. The van der Waals surface area contributed by atoms with Crippen LogP contribution in [0.15, 0.2) is 59.5 Å². The first-order valence-corrected chi connectivity index (χ1v) is 11.0. The fourth-order valence-electron chi connectivity index (χ4n) is 3.35. The summed E-state index contributed by atoms with van der Waals surface area (Å²) in [6.07, 6.45) is 4.20. The summed E-state index contributed by atoms with van der Waals surface area (Å²) >= 11 is 0. The van der Waals surface area contributed by atoms with Gasteiger partial charge in [0.2, 0.25) is 0 Å². The molecule has 1 amide bonds. The molecule has 1 fully saturated rings. The molecule has 6 nitrogen and oxygen atoms in total. The van der Waals surface area contributed by atoms with E-state index in [0.29, 0.717) is 6.54 Å². The molecule has 1 aliphatic rings. The fraction of sp³-hybridized carbons (Fsp3) is 0.333. The summed E-state index contributed by atoms with van der Waals surface area (Å²) in [6, 6.07) is 15.6. The van der Waals surface area contributed by atoms with Gasteiger partial charge >= 0.3 is 5.97 Å². The van der Waals surface area contributed by atoms with E-state index in [-0.39, 0.29) is 21.8 Å². The predicted octanol–water partition coefficient (Wildman–Crippen LogP) is 2.49. The quantitative estimate of drug-likeness (QED) is 0.720. The molecule has 3 rings (SSSR count). The fourth-order valence-corrected chi connectivity index (χ4v) is 4.02. The highest BCUT2D eigenvalue weighted by Crippen LogP contribution is 2.43. The van der Waals surface area contributed by atoms with Gasteiger partial charge in [-0.05, 0) is 36.6 Å². The summed E-state index contributed by atoms with van der Waals surface area (Å²) in [5, 5.41) is 2.85. The molecule has 148 valence electrons. The number of hydrogen-bond acceptors (Lipinski definition) is 5.